The highest BCUT2D eigenvalue weighted by atomic mass is 16.4. The summed E-state index contributed by atoms with van der Waals surface area (Å²) in [4.78, 5) is 23.5. The quantitative estimate of drug-likeness (QED) is 0.758. The maximum Gasteiger partial charge on any atom is 0.303 e. The molecular weight excluding hydrogens is 312 g/mol. The van der Waals surface area contributed by atoms with Crippen molar-refractivity contribution in [2.24, 2.45) is 39.9 Å². The van der Waals surface area contributed by atoms with E-state index in [9.17, 15) is 14.7 Å². The Morgan fingerprint density at radius 2 is 1.76 bits per heavy atom. The van der Waals surface area contributed by atoms with E-state index in [1.54, 1.807) is 0 Å². The SMILES string of the molecule is C[C@]12CCC(=O)C[C@H]1CC[C@@H]1[C@@H]2CC[C@@]2(C)[C@H]1CC[C@]2(C)CC(=O)O. The van der Waals surface area contributed by atoms with Crippen LogP contribution in [-0.4, -0.2) is 16.9 Å². The average molecular weight is 347 g/mol. The van der Waals surface area contributed by atoms with Crippen LogP contribution in [-0.2, 0) is 9.59 Å². The van der Waals surface area contributed by atoms with Gasteiger partial charge in [-0.05, 0) is 84.9 Å². The maximum absolute atomic E-state index is 12.0. The Bertz CT molecular complexity index is 598. The van der Waals surface area contributed by atoms with E-state index in [-0.39, 0.29) is 10.8 Å². The second-order valence-electron chi connectivity index (χ2n) is 10.5. The molecule has 0 aromatic carbocycles. The minimum atomic E-state index is -0.632. The largest absolute Gasteiger partial charge is 0.481 e. The number of hydrogen-bond donors (Lipinski definition) is 1. The molecule has 0 bridgehead atoms. The molecule has 0 heterocycles. The first-order valence-electron chi connectivity index (χ1n) is 10.4. The summed E-state index contributed by atoms with van der Waals surface area (Å²) < 4.78 is 0. The van der Waals surface area contributed by atoms with E-state index in [2.05, 4.69) is 20.8 Å². The number of aliphatic carboxylic acids is 1. The fourth-order valence-corrected chi connectivity index (χ4v) is 8.03. The number of ketones is 1. The van der Waals surface area contributed by atoms with E-state index >= 15 is 0 Å². The Morgan fingerprint density at radius 1 is 1.04 bits per heavy atom. The number of carbonyl (C=O) groups is 2. The number of carbonyl (C=O) groups excluding carboxylic acids is 1. The van der Waals surface area contributed by atoms with Crippen molar-refractivity contribution in [1.82, 2.24) is 0 Å². The Hall–Kier alpha value is -0.860. The molecule has 0 radical (unpaired) electrons. The van der Waals surface area contributed by atoms with Gasteiger partial charge in [0.05, 0.1) is 6.42 Å². The highest BCUT2D eigenvalue weighted by Crippen LogP contribution is 2.70. The zero-order valence-electron chi connectivity index (χ0n) is 16.1. The van der Waals surface area contributed by atoms with Crippen LogP contribution in [0.1, 0.15) is 85.0 Å². The molecule has 140 valence electrons. The van der Waals surface area contributed by atoms with Gasteiger partial charge >= 0.3 is 5.97 Å². The Balaban J connectivity index is 1.62. The minimum Gasteiger partial charge on any atom is -0.481 e. The van der Waals surface area contributed by atoms with Gasteiger partial charge < -0.3 is 5.11 Å². The molecule has 0 aromatic rings. The molecule has 4 rings (SSSR count). The van der Waals surface area contributed by atoms with E-state index in [4.69, 9.17) is 0 Å². The van der Waals surface area contributed by atoms with Crippen molar-refractivity contribution >= 4 is 11.8 Å². The van der Waals surface area contributed by atoms with Crippen molar-refractivity contribution in [2.75, 3.05) is 0 Å². The van der Waals surface area contributed by atoms with E-state index < -0.39 is 5.97 Å². The number of hydrogen-bond acceptors (Lipinski definition) is 2. The minimum absolute atomic E-state index is 0.0469. The fraction of sp³-hybridized carbons (Fsp3) is 0.909. The molecule has 3 heteroatoms. The first-order valence-corrected chi connectivity index (χ1v) is 10.4. The van der Waals surface area contributed by atoms with Crippen LogP contribution < -0.4 is 0 Å². The topological polar surface area (TPSA) is 54.4 Å². The number of Topliss-reactive ketones (excluding diaryl/α,β-unsaturated/α-hetero) is 1. The summed E-state index contributed by atoms with van der Waals surface area (Å²) in [5, 5.41) is 9.46. The summed E-state index contributed by atoms with van der Waals surface area (Å²) in [5.41, 5.74) is 0.485. The van der Waals surface area contributed by atoms with Crippen LogP contribution in [0.5, 0.6) is 0 Å². The van der Waals surface area contributed by atoms with Crippen LogP contribution in [0.4, 0.5) is 0 Å². The molecule has 4 aliphatic carbocycles. The van der Waals surface area contributed by atoms with Gasteiger partial charge in [0.1, 0.15) is 5.78 Å². The van der Waals surface area contributed by atoms with E-state index in [1.165, 1.54) is 32.1 Å². The van der Waals surface area contributed by atoms with Gasteiger partial charge in [0.15, 0.2) is 0 Å². The summed E-state index contributed by atoms with van der Waals surface area (Å²) in [6, 6.07) is 0. The summed E-state index contributed by atoms with van der Waals surface area (Å²) in [6.45, 7) is 7.13. The van der Waals surface area contributed by atoms with Gasteiger partial charge in [-0.15, -0.1) is 0 Å². The fourth-order valence-electron chi connectivity index (χ4n) is 8.03. The van der Waals surface area contributed by atoms with Crippen LogP contribution in [0.25, 0.3) is 0 Å². The Labute approximate surface area is 151 Å². The van der Waals surface area contributed by atoms with Crippen LogP contribution in [0.2, 0.25) is 0 Å². The van der Waals surface area contributed by atoms with Crippen molar-refractivity contribution in [1.29, 1.82) is 0 Å². The average Bonchev–Trinajstić information content (AvgIpc) is 2.79. The van der Waals surface area contributed by atoms with Gasteiger partial charge in [0, 0.05) is 12.8 Å². The zero-order chi connectivity index (χ0) is 18.0. The second-order valence-corrected chi connectivity index (χ2v) is 10.5. The number of carboxylic acids is 1. The van der Waals surface area contributed by atoms with Crippen LogP contribution in [0, 0.1) is 39.9 Å². The maximum atomic E-state index is 12.0. The van der Waals surface area contributed by atoms with E-state index in [1.807, 2.05) is 0 Å². The Kier molecular flexibility index (Phi) is 3.91. The van der Waals surface area contributed by atoms with Gasteiger partial charge in [-0.1, -0.05) is 20.8 Å². The number of carboxylic acid groups (broad SMARTS) is 1. The number of rotatable bonds is 2. The number of fused-ring (bicyclic) bond motifs is 5. The monoisotopic (exact) mass is 346 g/mol. The molecule has 0 spiro atoms. The first-order chi connectivity index (χ1) is 11.7. The van der Waals surface area contributed by atoms with Gasteiger partial charge in [-0.25, -0.2) is 0 Å². The lowest BCUT2D eigenvalue weighted by Gasteiger charge is -2.61. The van der Waals surface area contributed by atoms with Crippen molar-refractivity contribution in [2.45, 2.75) is 85.0 Å². The lowest BCUT2D eigenvalue weighted by molar-refractivity contribution is -0.150. The van der Waals surface area contributed by atoms with Gasteiger partial charge in [0.2, 0.25) is 0 Å². The predicted octanol–water partition coefficient (Wildman–Crippen LogP) is 5.08. The normalized spacial score (nSPS) is 52.2. The molecule has 0 saturated heterocycles. The van der Waals surface area contributed by atoms with E-state index in [0.29, 0.717) is 29.5 Å². The van der Waals surface area contributed by atoms with Gasteiger partial charge in [-0.2, -0.15) is 0 Å². The molecule has 25 heavy (non-hydrogen) atoms. The lowest BCUT2D eigenvalue weighted by atomic mass is 9.43. The molecule has 0 aromatic heterocycles. The van der Waals surface area contributed by atoms with Gasteiger partial charge in [-0.3, -0.25) is 9.59 Å². The zero-order valence-corrected chi connectivity index (χ0v) is 16.1. The van der Waals surface area contributed by atoms with Gasteiger partial charge in [0.25, 0.3) is 0 Å². The molecule has 7 atom stereocenters. The summed E-state index contributed by atoms with van der Waals surface area (Å²) in [5.74, 6) is 2.65. The third kappa shape index (κ3) is 2.36. The predicted molar refractivity (Wildman–Crippen MR) is 97.1 cm³/mol. The molecule has 3 nitrogen and oxygen atoms in total. The third-order valence-electron chi connectivity index (χ3n) is 9.80. The summed E-state index contributed by atoms with van der Waals surface area (Å²) >= 11 is 0. The molecule has 0 aliphatic heterocycles. The molecular formula is C22H34O3. The van der Waals surface area contributed by atoms with Crippen molar-refractivity contribution in [3.05, 3.63) is 0 Å². The second kappa shape index (κ2) is 5.57. The molecule has 4 aliphatic rings. The standard InChI is InChI=1S/C22H34O3/c1-20(13-19(24)25)9-7-18-16-5-4-14-12-15(23)6-10-21(14,2)17(16)8-11-22(18,20)3/h14,16-18H,4-13H2,1-3H3,(H,24,25)/t14-,16-,17+,18+,20-,21+,22+/m1/s1. The lowest BCUT2D eigenvalue weighted by Crippen LogP contribution is -2.54. The van der Waals surface area contributed by atoms with Crippen molar-refractivity contribution < 1.29 is 14.7 Å². The van der Waals surface area contributed by atoms with E-state index in [0.717, 1.165) is 37.5 Å². The smallest absolute Gasteiger partial charge is 0.303 e. The molecule has 0 unspecified atom stereocenters. The van der Waals surface area contributed by atoms with Crippen molar-refractivity contribution in [3.63, 3.8) is 0 Å². The molecule has 0 amide bonds. The van der Waals surface area contributed by atoms with Crippen LogP contribution in [0.15, 0.2) is 0 Å². The Morgan fingerprint density at radius 3 is 2.48 bits per heavy atom. The van der Waals surface area contributed by atoms with Crippen LogP contribution >= 0.6 is 0 Å². The molecule has 4 saturated carbocycles. The highest BCUT2D eigenvalue weighted by molar-refractivity contribution is 5.79. The summed E-state index contributed by atoms with van der Waals surface area (Å²) in [6.07, 6.45) is 10.2. The summed E-state index contributed by atoms with van der Waals surface area (Å²) in [7, 11) is 0. The van der Waals surface area contributed by atoms with Crippen LogP contribution in [0.3, 0.4) is 0 Å². The third-order valence-corrected chi connectivity index (χ3v) is 9.80. The van der Waals surface area contributed by atoms with Crippen molar-refractivity contribution in [3.8, 4) is 0 Å². The molecule has 1 N–H and O–H groups in total. The highest BCUT2D eigenvalue weighted by Gasteiger charge is 2.63. The first kappa shape index (κ1) is 17.5. The molecule has 4 fully saturated rings.